The number of aromatic nitrogens is 1. The van der Waals surface area contributed by atoms with Crippen molar-refractivity contribution in [1.82, 2.24) is 19.1 Å². The third-order valence-corrected chi connectivity index (χ3v) is 5.12. The molecule has 0 unspecified atom stereocenters. The standard InChI is InChI=1S/C15H22N4O4S/c1-13(20)17-7-9-18(10-8-17)15(21)12-19(24(2,22)23)11-14-5-3-4-6-16-14/h3-6H,7-12H2,1-2H3. The van der Waals surface area contributed by atoms with Gasteiger partial charge in [0.2, 0.25) is 21.8 Å². The summed E-state index contributed by atoms with van der Waals surface area (Å²) in [6, 6.07) is 5.23. The van der Waals surface area contributed by atoms with E-state index in [1.807, 2.05) is 0 Å². The van der Waals surface area contributed by atoms with Gasteiger partial charge in [-0.3, -0.25) is 14.6 Å². The molecule has 1 aromatic rings. The Labute approximate surface area is 142 Å². The zero-order chi connectivity index (χ0) is 17.7. The van der Waals surface area contributed by atoms with E-state index in [2.05, 4.69) is 4.98 Å². The van der Waals surface area contributed by atoms with Gasteiger partial charge in [0.1, 0.15) is 0 Å². The minimum Gasteiger partial charge on any atom is -0.339 e. The van der Waals surface area contributed by atoms with Gasteiger partial charge >= 0.3 is 0 Å². The highest BCUT2D eigenvalue weighted by molar-refractivity contribution is 7.88. The molecule has 9 heteroatoms. The van der Waals surface area contributed by atoms with Crippen molar-refractivity contribution in [2.75, 3.05) is 39.0 Å². The monoisotopic (exact) mass is 354 g/mol. The lowest BCUT2D eigenvalue weighted by Gasteiger charge is -2.35. The third kappa shape index (κ3) is 5.00. The lowest BCUT2D eigenvalue weighted by atomic mass is 10.3. The molecule has 0 radical (unpaired) electrons. The molecule has 0 aromatic carbocycles. The Kier molecular flexibility index (Phi) is 5.89. The van der Waals surface area contributed by atoms with Crippen LogP contribution >= 0.6 is 0 Å². The fourth-order valence-corrected chi connectivity index (χ4v) is 3.20. The van der Waals surface area contributed by atoms with Crippen LogP contribution < -0.4 is 0 Å². The van der Waals surface area contributed by atoms with E-state index in [0.29, 0.717) is 31.9 Å². The van der Waals surface area contributed by atoms with Crippen LogP contribution in [0.2, 0.25) is 0 Å². The molecular weight excluding hydrogens is 332 g/mol. The predicted molar refractivity (Wildman–Crippen MR) is 88.3 cm³/mol. The molecule has 1 saturated heterocycles. The molecule has 2 heterocycles. The first kappa shape index (κ1) is 18.3. The molecule has 0 atom stereocenters. The molecule has 0 saturated carbocycles. The number of rotatable bonds is 5. The van der Waals surface area contributed by atoms with Gasteiger partial charge in [-0.1, -0.05) is 6.07 Å². The van der Waals surface area contributed by atoms with Crippen LogP contribution in [0.3, 0.4) is 0 Å². The van der Waals surface area contributed by atoms with E-state index in [1.54, 1.807) is 34.2 Å². The molecule has 132 valence electrons. The fraction of sp³-hybridized carbons (Fsp3) is 0.533. The summed E-state index contributed by atoms with van der Waals surface area (Å²) in [6.45, 7) is 3.10. The zero-order valence-corrected chi connectivity index (χ0v) is 14.7. The number of carbonyl (C=O) groups is 2. The van der Waals surface area contributed by atoms with Crippen molar-refractivity contribution in [3.05, 3.63) is 30.1 Å². The number of amides is 2. The largest absolute Gasteiger partial charge is 0.339 e. The summed E-state index contributed by atoms with van der Waals surface area (Å²) in [6.07, 6.45) is 2.66. The maximum absolute atomic E-state index is 12.4. The average molecular weight is 354 g/mol. The molecule has 2 rings (SSSR count). The van der Waals surface area contributed by atoms with E-state index in [0.717, 1.165) is 10.6 Å². The van der Waals surface area contributed by atoms with Gasteiger partial charge in [-0.25, -0.2) is 8.42 Å². The molecular formula is C15H22N4O4S. The second-order valence-electron chi connectivity index (χ2n) is 5.74. The summed E-state index contributed by atoms with van der Waals surface area (Å²) >= 11 is 0. The molecule has 0 aliphatic carbocycles. The molecule has 1 aromatic heterocycles. The molecule has 1 aliphatic heterocycles. The lowest BCUT2D eigenvalue weighted by molar-refractivity contribution is -0.138. The van der Waals surface area contributed by atoms with Crippen LogP contribution in [0.15, 0.2) is 24.4 Å². The highest BCUT2D eigenvalue weighted by Gasteiger charge is 2.27. The van der Waals surface area contributed by atoms with Crippen molar-refractivity contribution in [1.29, 1.82) is 0 Å². The molecule has 24 heavy (non-hydrogen) atoms. The van der Waals surface area contributed by atoms with Crippen LogP contribution in [-0.4, -0.2) is 78.3 Å². The first-order valence-electron chi connectivity index (χ1n) is 7.65. The van der Waals surface area contributed by atoms with E-state index in [-0.39, 0.29) is 24.9 Å². The Hall–Kier alpha value is -2.00. The quantitative estimate of drug-likeness (QED) is 0.713. The minimum absolute atomic E-state index is 0.0185. The van der Waals surface area contributed by atoms with Gasteiger partial charge in [-0.2, -0.15) is 4.31 Å². The van der Waals surface area contributed by atoms with Gasteiger partial charge in [0.25, 0.3) is 0 Å². The SMILES string of the molecule is CC(=O)N1CCN(C(=O)CN(Cc2ccccn2)S(C)(=O)=O)CC1. The number of carbonyl (C=O) groups excluding carboxylic acids is 2. The van der Waals surface area contributed by atoms with Crippen LogP contribution in [0.1, 0.15) is 12.6 Å². The van der Waals surface area contributed by atoms with Crippen molar-refractivity contribution in [2.24, 2.45) is 0 Å². The maximum Gasteiger partial charge on any atom is 0.238 e. The van der Waals surface area contributed by atoms with E-state index in [4.69, 9.17) is 0 Å². The Morgan fingerprint density at radius 2 is 1.79 bits per heavy atom. The van der Waals surface area contributed by atoms with E-state index < -0.39 is 10.0 Å². The Morgan fingerprint density at radius 1 is 1.17 bits per heavy atom. The smallest absolute Gasteiger partial charge is 0.238 e. The van der Waals surface area contributed by atoms with Crippen molar-refractivity contribution < 1.29 is 18.0 Å². The number of hydrogen-bond donors (Lipinski definition) is 0. The highest BCUT2D eigenvalue weighted by Crippen LogP contribution is 2.09. The zero-order valence-electron chi connectivity index (χ0n) is 13.9. The van der Waals surface area contributed by atoms with Crippen LogP contribution in [0.5, 0.6) is 0 Å². The van der Waals surface area contributed by atoms with Crippen LogP contribution in [0.25, 0.3) is 0 Å². The van der Waals surface area contributed by atoms with Gasteiger partial charge in [0.05, 0.1) is 25.0 Å². The van der Waals surface area contributed by atoms with Gasteiger partial charge in [0, 0.05) is 39.3 Å². The van der Waals surface area contributed by atoms with Crippen molar-refractivity contribution >= 4 is 21.8 Å². The topological polar surface area (TPSA) is 90.9 Å². The minimum atomic E-state index is -3.54. The van der Waals surface area contributed by atoms with Crippen molar-refractivity contribution in [2.45, 2.75) is 13.5 Å². The summed E-state index contributed by atoms with van der Waals surface area (Å²) < 4.78 is 25.1. The normalized spacial score (nSPS) is 15.6. The summed E-state index contributed by atoms with van der Waals surface area (Å²) in [4.78, 5) is 31.1. The van der Waals surface area contributed by atoms with Crippen LogP contribution in [-0.2, 0) is 26.2 Å². The summed E-state index contributed by atoms with van der Waals surface area (Å²) in [5, 5.41) is 0. The number of hydrogen-bond acceptors (Lipinski definition) is 5. The molecule has 2 amide bonds. The average Bonchev–Trinajstić information content (AvgIpc) is 2.54. The predicted octanol–water partition coefficient (Wildman–Crippen LogP) is -0.466. The Bertz CT molecular complexity index is 685. The third-order valence-electron chi connectivity index (χ3n) is 3.92. The number of piperazine rings is 1. The first-order valence-corrected chi connectivity index (χ1v) is 9.50. The van der Waals surface area contributed by atoms with Crippen molar-refractivity contribution in [3.63, 3.8) is 0 Å². The first-order chi connectivity index (χ1) is 11.3. The van der Waals surface area contributed by atoms with Gasteiger partial charge < -0.3 is 9.80 Å². The molecule has 0 spiro atoms. The van der Waals surface area contributed by atoms with E-state index >= 15 is 0 Å². The molecule has 1 aliphatic rings. The second kappa shape index (κ2) is 7.71. The summed E-state index contributed by atoms with van der Waals surface area (Å²) in [5.74, 6) is -0.283. The van der Waals surface area contributed by atoms with Crippen molar-refractivity contribution in [3.8, 4) is 0 Å². The summed E-state index contributed by atoms with van der Waals surface area (Å²) in [5.41, 5.74) is 0.581. The number of nitrogens with zero attached hydrogens (tertiary/aromatic N) is 4. The van der Waals surface area contributed by atoms with Crippen LogP contribution in [0, 0.1) is 0 Å². The van der Waals surface area contributed by atoms with E-state index in [9.17, 15) is 18.0 Å². The summed E-state index contributed by atoms with van der Waals surface area (Å²) in [7, 11) is -3.54. The lowest BCUT2D eigenvalue weighted by Crippen LogP contribution is -2.52. The van der Waals surface area contributed by atoms with E-state index in [1.165, 1.54) is 6.92 Å². The molecule has 0 bridgehead atoms. The number of pyridine rings is 1. The Balaban J connectivity index is 1.99. The maximum atomic E-state index is 12.4. The number of sulfonamides is 1. The second-order valence-corrected chi connectivity index (χ2v) is 7.72. The Morgan fingerprint density at radius 3 is 2.29 bits per heavy atom. The fourth-order valence-electron chi connectivity index (χ4n) is 2.48. The molecule has 8 nitrogen and oxygen atoms in total. The molecule has 0 N–H and O–H groups in total. The molecule has 1 fully saturated rings. The van der Waals surface area contributed by atoms with Gasteiger partial charge in [-0.05, 0) is 12.1 Å². The van der Waals surface area contributed by atoms with Crippen LogP contribution in [0.4, 0.5) is 0 Å². The van der Waals surface area contributed by atoms with Gasteiger partial charge in [0.15, 0.2) is 0 Å². The highest BCUT2D eigenvalue weighted by atomic mass is 32.2. The van der Waals surface area contributed by atoms with Gasteiger partial charge in [-0.15, -0.1) is 0 Å².